The molecule has 2 aliphatic rings. The lowest BCUT2D eigenvalue weighted by molar-refractivity contribution is -0.433. The van der Waals surface area contributed by atoms with E-state index in [1.807, 2.05) is 63.2 Å². The first-order chi connectivity index (χ1) is 33.4. The smallest absolute Gasteiger partial charge is 0.295 e. The van der Waals surface area contributed by atoms with Crippen LogP contribution in [0, 0.1) is 0 Å². The third-order valence-electron chi connectivity index (χ3n) is 13.2. The maximum absolute atomic E-state index is 13.2. The molecular formula is C49H55N4O15S4+. The van der Waals surface area contributed by atoms with Crippen LogP contribution in [0.3, 0.4) is 0 Å². The van der Waals surface area contributed by atoms with Gasteiger partial charge in [-0.3, -0.25) is 28.0 Å². The predicted molar refractivity (Wildman–Crippen MR) is 270 cm³/mol. The third kappa shape index (κ3) is 10.4. The van der Waals surface area contributed by atoms with Crippen LogP contribution in [0.1, 0.15) is 94.4 Å². The van der Waals surface area contributed by atoms with E-state index in [1.54, 1.807) is 36.4 Å². The van der Waals surface area contributed by atoms with Crippen molar-refractivity contribution in [3.63, 3.8) is 0 Å². The summed E-state index contributed by atoms with van der Waals surface area (Å²) in [7, 11) is -19.9. The number of aromatic nitrogens is 1. The number of anilines is 1. The van der Waals surface area contributed by atoms with Crippen molar-refractivity contribution in [3.05, 3.63) is 119 Å². The Morgan fingerprint density at radius 3 is 1.82 bits per heavy atom. The number of hydrogen-bond donors (Lipinski definition) is 7. The Morgan fingerprint density at radius 2 is 1.31 bits per heavy atom. The summed E-state index contributed by atoms with van der Waals surface area (Å²) in [5.41, 5.74) is 2.71. The lowest BCUT2D eigenvalue weighted by Crippen LogP contribution is -2.28. The van der Waals surface area contributed by atoms with Gasteiger partial charge in [0, 0.05) is 70.1 Å². The van der Waals surface area contributed by atoms with Gasteiger partial charge >= 0.3 is 0 Å². The zero-order chi connectivity index (χ0) is 53.1. The molecule has 0 radical (unpaired) electrons. The van der Waals surface area contributed by atoms with Crippen molar-refractivity contribution < 1.29 is 71.5 Å². The number of aliphatic hydroxyl groups excluding tert-OH is 1. The number of aliphatic hydroxyl groups is 2. The van der Waals surface area contributed by atoms with Crippen LogP contribution in [0.2, 0.25) is 0 Å². The fourth-order valence-corrected chi connectivity index (χ4v) is 12.6. The minimum absolute atomic E-state index is 0.0249. The number of allylic oxidation sites excluding steroid dienone is 6. The molecule has 0 saturated heterocycles. The number of benzene rings is 4. The van der Waals surface area contributed by atoms with Crippen LogP contribution in [0.5, 0.6) is 0 Å². The zero-order valence-corrected chi connectivity index (χ0v) is 43.3. The topological polar surface area (TPSA) is 306 Å². The largest absolute Gasteiger partial charge is 0.368 e. The van der Waals surface area contributed by atoms with Gasteiger partial charge in [0.05, 0.1) is 26.5 Å². The molecule has 19 nitrogen and oxygen atoms in total. The highest BCUT2D eigenvalue weighted by atomic mass is 32.2. The van der Waals surface area contributed by atoms with Gasteiger partial charge in [0.25, 0.3) is 46.4 Å². The minimum atomic E-state index is -4.99. The van der Waals surface area contributed by atoms with E-state index in [0.717, 1.165) is 0 Å². The Hall–Kier alpha value is -5.73. The maximum atomic E-state index is 13.2. The van der Waals surface area contributed by atoms with Crippen molar-refractivity contribution in [3.8, 4) is 0 Å². The van der Waals surface area contributed by atoms with Gasteiger partial charge in [-0.15, -0.1) is 0 Å². The molecule has 0 aliphatic carbocycles. The number of rotatable bonds is 17. The lowest BCUT2D eigenvalue weighted by Gasteiger charge is -2.26. The quantitative estimate of drug-likeness (QED) is 0.0167. The van der Waals surface area contributed by atoms with Gasteiger partial charge in [-0.2, -0.15) is 38.2 Å². The van der Waals surface area contributed by atoms with E-state index >= 15 is 0 Å². The van der Waals surface area contributed by atoms with Crippen molar-refractivity contribution >= 4 is 90.6 Å². The molecule has 1 aromatic heterocycles. The first-order valence-electron chi connectivity index (χ1n) is 22.7. The van der Waals surface area contributed by atoms with Gasteiger partial charge in [-0.05, 0) is 124 Å². The van der Waals surface area contributed by atoms with E-state index in [-0.39, 0.29) is 39.4 Å². The molecule has 384 valence electrons. The predicted octanol–water partition coefficient (Wildman–Crippen LogP) is 6.71. The number of fused-ring (bicyclic) bond motifs is 6. The Labute approximate surface area is 417 Å². The number of nitrogens with zero attached hydrogens (tertiary/aromatic N) is 3. The summed E-state index contributed by atoms with van der Waals surface area (Å²) in [4.78, 5) is 16.9. The van der Waals surface area contributed by atoms with Gasteiger partial charge in [-0.25, -0.2) is 0 Å². The zero-order valence-electron chi connectivity index (χ0n) is 40.0. The highest BCUT2D eigenvalue weighted by Crippen LogP contribution is 2.52. The molecule has 0 atom stereocenters. The van der Waals surface area contributed by atoms with E-state index in [2.05, 4.69) is 10.3 Å². The molecule has 0 bridgehead atoms. The molecule has 7 N–H and O–H groups in total. The molecule has 23 heteroatoms. The number of carbonyl (C=O) groups is 1. The lowest BCUT2D eigenvalue weighted by atomic mass is 9.79. The molecule has 0 fully saturated rings. The standard InChI is InChI=1S/C49H54N4O15S4/c1-7-52-38-19-16-33-35(24-31(69(57,58)59)26-40(33)71(63,64)65)45(38)48(3,4)42(52)21-14-29(37-18-13-30(28-51-37)47(56)50-23-11-9-10-12-44(54)55)15-22-43-49(5,6)46-36-25-32(70(60,61)62)27-41(72(66,67)68)34(36)17-20-39(46)53(43)8-2/h13-22,24-28,44,54-55H,7-12,23H2,1-6H3,(H4-,50,56,57,58,59,60,61,62,63,64,65,66,67,68)/p+1. The second-order valence-corrected chi connectivity index (χ2v) is 24.1. The van der Waals surface area contributed by atoms with Crippen LogP contribution in [-0.2, 0) is 51.3 Å². The average molecular weight is 1070 g/mol. The van der Waals surface area contributed by atoms with Crippen LogP contribution in [-0.4, -0.2) is 109 Å². The maximum Gasteiger partial charge on any atom is 0.295 e. The summed E-state index contributed by atoms with van der Waals surface area (Å²) in [5, 5.41) is 21.4. The first kappa shape index (κ1) is 54.1. The molecule has 2 aliphatic heterocycles. The van der Waals surface area contributed by atoms with Crippen molar-refractivity contribution in [1.82, 2.24) is 10.3 Å². The van der Waals surface area contributed by atoms with E-state index in [0.29, 0.717) is 96.2 Å². The number of likely N-dealkylation sites (N-methyl/N-ethyl adjacent to an activating group) is 1. The number of amides is 1. The second kappa shape index (κ2) is 19.6. The monoisotopic (exact) mass is 1070 g/mol. The fraction of sp³-hybridized carbons (Fsp3) is 0.327. The molecule has 5 aromatic rings. The third-order valence-corrected chi connectivity index (χ3v) is 16.6. The normalized spacial score (nSPS) is 16.7. The van der Waals surface area contributed by atoms with Gasteiger partial charge in [0.15, 0.2) is 12.0 Å². The Balaban J connectivity index is 1.38. The van der Waals surface area contributed by atoms with Crippen LogP contribution >= 0.6 is 0 Å². The summed E-state index contributed by atoms with van der Waals surface area (Å²) in [6.07, 6.45) is 9.28. The van der Waals surface area contributed by atoms with E-state index in [4.69, 9.17) is 10.2 Å². The van der Waals surface area contributed by atoms with Gasteiger partial charge in [-0.1, -0.05) is 32.4 Å². The van der Waals surface area contributed by atoms with Gasteiger partial charge in [0.2, 0.25) is 5.69 Å². The molecule has 3 heterocycles. The SMILES string of the molecule is CCN1C(=CC=C(C=CC2=[N+](CC)c3ccc4c(S(=O)(=O)O)cc(S(=O)(=O)O)cc4c3C2(C)C)c2ccc(C(=O)NCCCCCC(O)O)cn2)C(C)(C)c2c1ccc1c(S(=O)(=O)O)cc(S(=O)(=O)O)cc21. The molecular weight excluding hydrogens is 1010 g/mol. The molecule has 7 rings (SSSR count). The first-order valence-corrected chi connectivity index (χ1v) is 28.4. The van der Waals surface area contributed by atoms with Crippen molar-refractivity contribution in [2.45, 2.75) is 104 Å². The Bertz CT molecular complexity index is 3660. The molecule has 4 aromatic carbocycles. The number of hydrogen-bond acceptors (Lipinski definition) is 13. The van der Waals surface area contributed by atoms with Crippen LogP contribution in [0.15, 0.2) is 116 Å². The van der Waals surface area contributed by atoms with Crippen LogP contribution < -0.4 is 10.2 Å². The second-order valence-electron chi connectivity index (χ2n) is 18.5. The highest BCUT2D eigenvalue weighted by molar-refractivity contribution is 7.87. The summed E-state index contributed by atoms with van der Waals surface area (Å²) < 4.78 is 143. The molecule has 0 unspecified atom stereocenters. The number of unbranched alkanes of at least 4 members (excludes halogenated alkanes) is 2. The molecule has 1 amide bonds. The van der Waals surface area contributed by atoms with E-state index in [1.165, 1.54) is 30.5 Å². The van der Waals surface area contributed by atoms with E-state index in [9.17, 15) is 56.7 Å². The Morgan fingerprint density at radius 1 is 0.722 bits per heavy atom. The summed E-state index contributed by atoms with van der Waals surface area (Å²) >= 11 is 0. The fourth-order valence-electron chi connectivity index (χ4n) is 9.88. The van der Waals surface area contributed by atoms with Crippen molar-refractivity contribution in [2.75, 3.05) is 24.5 Å². The van der Waals surface area contributed by atoms with E-state index < -0.39 is 77.2 Å². The molecule has 0 spiro atoms. The van der Waals surface area contributed by atoms with Crippen LogP contribution in [0.4, 0.5) is 11.4 Å². The molecule has 72 heavy (non-hydrogen) atoms. The molecule has 0 saturated carbocycles. The van der Waals surface area contributed by atoms with Crippen molar-refractivity contribution in [2.24, 2.45) is 0 Å². The van der Waals surface area contributed by atoms with Crippen LogP contribution in [0.25, 0.3) is 27.1 Å². The average Bonchev–Trinajstić information content (AvgIpc) is 3.65. The number of carbonyl (C=O) groups excluding carboxylic acids is 1. The van der Waals surface area contributed by atoms with Crippen molar-refractivity contribution in [1.29, 1.82) is 0 Å². The summed E-state index contributed by atoms with van der Waals surface area (Å²) in [5.74, 6) is -0.383. The summed E-state index contributed by atoms with van der Waals surface area (Å²) in [6, 6.07) is 13.2. The highest BCUT2D eigenvalue weighted by Gasteiger charge is 2.46. The van der Waals surface area contributed by atoms with Gasteiger partial charge in [0.1, 0.15) is 16.3 Å². The minimum Gasteiger partial charge on any atom is -0.368 e. The summed E-state index contributed by atoms with van der Waals surface area (Å²) in [6.45, 7) is 12.3. The number of nitrogens with one attached hydrogen (secondary N) is 1. The Kier molecular flexibility index (Phi) is 14.7. The number of pyridine rings is 1. The van der Waals surface area contributed by atoms with Gasteiger partial charge < -0.3 is 20.4 Å².